The molecule has 0 saturated heterocycles. The van der Waals surface area contributed by atoms with E-state index in [1.165, 1.54) is 18.2 Å². The first kappa shape index (κ1) is 30.2. The average Bonchev–Trinajstić information content (AvgIpc) is 2.96. The van der Waals surface area contributed by atoms with E-state index < -0.39 is 17.7 Å². The quantitative estimate of drug-likeness (QED) is 0.182. The van der Waals surface area contributed by atoms with Crippen LogP contribution in [0.2, 0.25) is 5.02 Å². The number of rotatable bonds is 12. The van der Waals surface area contributed by atoms with Gasteiger partial charge < -0.3 is 9.84 Å². The van der Waals surface area contributed by atoms with Crippen LogP contribution in [0.25, 0.3) is 0 Å². The van der Waals surface area contributed by atoms with Gasteiger partial charge in [0.15, 0.2) is 0 Å². The molecule has 0 saturated carbocycles. The monoisotopic (exact) mass is 581 g/mol. The fourth-order valence-electron chi connectivity index (χ4n) is 4.80. The molecule has 0 bridgehead atoms. The number of alkyl halides is 3. The number of ether oxygens (including phenoxy) is 1. The Labute approximate surface area is 243 Å². The SMILES string of the molecule is C[C@H](CCOc1cccc(C(=O)O)c1)N(Cc1cccc(C(F)(F)F)c1Cl)CC(c1ccccc1)c1ccccc1. The number of aromatic carboxylic acids is 1. The summed E-state index contributed by atoms with van der Waals surface area (Å²) in [5.74, 6) is -0.644. The Bertz CT molecular complexity index is 1390. The number of halogens is 4. The summed E-state index contributed by atoms with van der Waals surface area (Å²) < 4.78 is 46.8. The summed E-state index contributed by atoms with van der Waals surface area (Å²) in [4.78, 5) is 13.4. The zero-order chi connectivity index (χ0) is 29.4. The molecule has 1 atom stereocenters. The van der Waals surface area contributed by atoms with Crippen molar-refractivity contribution < 1.29 is 27.8 Å². The van der Waals surface area contributed by atoms with E-state index in [-0.39, 0.29) is 29.1 Å². The summed E-state index contributed by atoms with van der Waals surface area (Å²) >= 11 is 6.32. The largest absolute Gasteiger partial charge is 0.494 e. The van der Waals surface area contributed by atoms with Gasteiger partial charge in [-0.05, 0) is 54.3 Å². The van der Waals surface area contributed by atoms with Crippen LogP contribution in [0.3, 0.4) is 0 Å². The van der Waals surface area contributed by atoms with Crippen molar-refractivity contribution in [2.75, 3.05) is 13.2 Å². The van der Waals surface area contributed by atoms with Gasteiger partial charge >= 0.3 is 12.1 Å². The first-order valence-corrected chi connectivity index (χ1v) is 13.7. The molecule has 8 heteroatoms. The molecule has 4 nitrogen and oxygen atoms in total. The summed E-state index contributed by atoms with van der Waals surface area (Å²) in [5.41, 5.74) is 1.85. The van der Waals surface area contributed by atoms with Crippen molar-refractivity contribution in [3.05, 3.63) is 136 Å². The summed E-state index contributed by atoms with van der Waals surface area (Å²) in [6.45, 7) is 3.02. The predicted octanol–water partition coefficient (Wildman–Crippen LogP) is 8.55. The molecule has 0 heterocycles. The topological polar surface area (TPSA) is 49.8 Å². The first-order chi connectivity index (χ1) is 19.6. The van der Waals surface area contributed by atoms with Gasteiger partial charge in [0.1, 0.15) is 5.75 Å². The van der Waals surface area contributed by atoms with Crippen LogP contribution in [0.4, 0.5) is 13.2 Å². The van der Waals surface area contributed by atoms with Gasteiger partial charge in [-0.25, -0.2) is 4.79 Å². The van der Waals surface area contributed by atoms with Gasteiger partial charge in [0.25, 0.3) is 0 Å². The fraction of sp³-hybridized carbons (Fsp3) is 0.242. The number of hydrogen-bond acceptors (Lipinski definition) is 3. The second-order valence-corrected chi connectivity index (χ2v) is 10.3. The molecule has 214 valence electrons. The van der Waals surface area contributed by atoms with E-state index in [4.69, 9.17) is 16.3 Å². The van der Waals surface area contributed by atoms with E-state index in [0.717, 1.165) is 17.2 Å². The van der Waals surface area contributed by atoms with Gasteiger partial charge in [-0.2, -0.15) is 13.2 Å². The lowest BCUT2D eigenvalue weighted by atomic mass is 9.90. The van der Waals surface area contributed by atoms with E-state index in [2.05, 4.69) is 29.2 Å². The molecular formula is C33H31ClF3NO3. The molecular weight excluding hydrogens is 551 g/mol. The fourth-order valence-corrected chi connectivity index (χ4v) is 5.09. The molecule has 4 rings (SSSR count). The van der Waals surface area contributed by atoms with Crippen molar-refractivity contribution in [1.82, 2.24) is 4.90 Å². The van der Waals surface area contributed by atoms with Crippen LogP contribution in [0.1, 0.15) is 51.9 Å². The highest BCUT2D eigenvalue weighted by Crippen LogP contribution is 2.37. The van der Waals surface area contributed by atoms with Crippen LogP contribution in [-0.2, 0) is 12.7 Å². The minimum atomic E-state index is -4.56. The highest BCUT2D eigenvalue weighted by molar-refractivity contribution is 6.32. The minimum absolute atomic E-state index is 0.0439. The maximum absolute atomic E-state index is 13.6. The van der Waals surface area contributed by atoms with E-state index >= 15 is 0 Å². The smallest absolute Gasteiger partial charge is 0.417 e. The van der Waals surface area contributed by atoms with Crippen LogP contribution in [-0.4, -0.2) is 35.2 Å². The molecule has 0 amide bonds. The Morgan fingerprint density at radius 1 is 0.902 bits per heavy atom. The second kappa shape index (κ2) is 13.7. The normalized spacial score (nSPS) is 12.5. The van der Waals surface area contributed by atoms with Crippen LogP contribution >= 0.6 is 11.6 Å². The second-order valence-electron chi connectivity index (χ2n) is 9.90. The predicted molar refractivity (Wildman–Crippen MR) is 155 cm³/mol. The molecule has 0 aliphatic heterocycles. The number of carbonyl (C=O) groups is 1. The lowest BCUT2D eigenvalue weighted by molar-refractivity contribution is -0.137. The van der Waals surface area contributed by atoms with Crippen LogP contribution < -0.4 is 4.74 Å². The van der Waals surface area contributed by atoms with Crippen molar-refractivity contribution >= 4 is 17.6 Å². The van der Waals surface area contributed by atoms with Gasteiger partial charge in [0.05, 0.1) is 22.8 Å². The lowest BCUT2D eigenvalue weighted by Crippen LogP contribution is -2.37. The van der Waals surface area contributed by atoms with Crippen molar-refractivity contribution in [2.24, 2.45) is 0 Å². The van der Waals surface area contributed by atoms with Crippen molar-refractivity contribution in [2.45, 2.75) is 38.0 Å². The Morgan fingerprint density at radius 2 is 1.51 bits per heavy atom. The number of benzene rings is 4. The maximum atomic E-state index is 13.6. The zero-order valence-electron chi connectivity index (χ0n) is 22.5. The van der Waals surface area contributed by atoms with Crippen molar-refractivity contribution in [3.63, 3.8) is 0 Å². The van der Waals surface area contributed by atoms with Gasteiger partial charge in [-0.15, -0.1) is 0 Å². The molecule has 0 spiro atoms. The molecule has 0 aliphatic carbocycles. The molecule has 4 aromatic rings. The highest BCUT2D eigenvalue weighted by atomic mass is 35.5. The molecule has 0 aromatic heterocycles. The molecule has 0 aliphatic rings. The van der Waals surface area contributed by atoms with Crippen LogP contribution in [0, 0.1) is 0 Å². The molecule has 0 unspecified atom stereocenters. The highest BCUT2D eigenvalue weighted by Gasteiger charge is 2.34. The van der Waals surface area contributed by atoms with E-state index in [0.29, 0.717) is 30.9 Å². The summed E-state index contributed by atoms with van der Waals surface area (Å²) in [7, 11) is 0. The summed E-state index contributed by atoms with van der Waals surface area (Å²) in [5, 5.41) is 8.96. The molecule has 41 heavy (non-hydrogen) atoms. The van der Waals surface area contributed by atoms with Crippen LogP contribution in [0.15, 0.2) is 103 Å². The standard InChI is InChI=1S/C33H31ClF3NO3/c1-23(18-19-41-28-16-8-14-26(20-28)32(39)40)38(21-27-15-9-17-30(31(27)34)33(35,36)37)22-29(24-10-4-2-5-11-24)25-12-6-3-7-13-25/h2-17,20,23,29H,18-19,21-22H2,1H3,(H,39,40)/t23-/m1/s1. The van der Waals surface area contributed by atoms with Crippen molar-refractivity contribution in [1.29, 1.82) is 0 Å². The third-order valence-corrected chi connectivity index (χ3v) is 7.53. The number of carboxylic acids is 1. The van der Waals surface area contributed by atoms with E-state index in [1.807, 2.05) is 43.3 Å². The Balaban J connectivity index is 1.61. The zero-order valence-corrected chi connectivity index (χ0v) is 23.3. The third-order valence-electron chi connectivity index (χ3n) is 7.09. The first-order valence-electron chi connectivity index (χ1n) is 13.3. The van der Waals surface area contributed by atoms with Gasteiger partial charge in [0.2, 0.25) is 0 Å². The van der Waals surface area contributed by atoms with Gasteiger partial charge in [0, 0.05) is 25.0 Å². The Morgan fingerprint density at radius 3 is 2.10 bits per heavy atom. The Hall–Kier alpha value is -3.81. The van der Waals surface area contributed by atoms with Crippen LogP contribution in [0.5, 0.6) is 5.75 Å². The lowest BCUT2D eigenvalue weighted by Gasteiger charge is -2.34. The Kier molecular flexibility index (Phi) is 10.1. The summed E-state index contributed by atoms with van der Waals surface area (Å²) in [6, 6.07) is 30.2. The molecule has 1 N–H and O–H groups in total. The average molecular weight is 582 g/mol. The third kappa shape index (κ3) is 8.12. The molecule has 0 radical (unpaired) electrons. The van der Waals surface area contributed by atoms with Crippen molar-refractivity contribution in [3.8, 4) is 5.75 Å². The minimum Gasteiger partial charge on any atom is -0.494 e. The summed E-state index contributed by atoms with van der Waals surface area (Å²) in [6.07, 6.45) is -4.01. The number of carboxylic acid groups (broad SMARTS) is 1. The van der Waals surface area contributed by atoms with Gasteiger partial charge in [-0.1, -0.05) is 90.5 Å². The van der Waals surface area contributed by atoms with E-state index in [1.54, 1.807) is 18.2 Å². The van der Waals surface area contributed by atoms with Gasteiger partial charge in [-0.3, -0.25) is 4.90 Å². The maximum Gasteiger partial charge on any atom is 0.417 e. The number of nitrogens with zero attached hydrogens (tertiary/aromatic N) is 1. The molecule has 4 aromatic carbocycles. The number of hydrogen-bond donors (Lipinski definition) is 1. The molecule has 0 fully saturated rings. The van der Waals surface area contributed by atoms with E-state index in [9.17, 15) is 23.1 Å².